The smallest absolute Gasteiger partial charge is 0.243 e. The van der Waals surface area contributed by atoms with Gasteiger partial charge in [0, 0.05) is 23.6 Å². The van der Waals surface area contributed by atoms with Crippen molar-refractivity contribution in [1.29, 1.82) is 0 Å². The minimum Gasteiger partial charge on any atom is -0.347 e. The monoisotopic (exact) mass is 304 g/mol. The summed E-state index contributed by atoms with van der Waals surface area (Å²) in [6.45, 7) is 2.67. The third kappa shape index (κ3) is 2.79. The predicted octanol–water partition coefficient (Wildman–Crippen LogP) is 2.35. The Morgan fingerprint density at radius 2 is 2.29 bits per heavy atom. The molecule has 0 bridgehead atoms. The van der Waals surface area contributed by atoms with E-state index in [0.29, 0.717) is 19.4 Å². The van der Waals surface area contributed by atoms with Gasteiger partial charge in [-0.2, -0.15) is 0 Å². The molecule has 1 fully saturated rings. The van der Waals surface area contributed by atoms with Crippen LogP contribution in [0.2, 0.25) is 0 Å². The van der Waals surface area contributed by atoms with E-state index in [0.717, 1.165) is 12.2 Å². The molecule has 2 atom stereocenters. The Morgan fingerprint density at radius 1 is 1.48 bits per heavy atom. The van der Waals surface area contributed by atoms with Crippen molar-refractivity contribution in [2.75, 3.05) is 12.3 Å². The Hall–Kier alpha value is -1.49. The number of likely N-dealkylation sites (tertiary alicyclic amines) is 1. The van der Waals surface area contributed by atoms with Gasteiger partial charge in [0.05, 0.1) is 6.04 Å². The van der Waals surface area contributed by atoms with Crippen molar-refractivity contribution in [3.63, 3.8) is 0 Å². The van der Waals surface area contributed by atoms with E-state index in [1.165, 1.54) is 10.5 Å². The molecule has 0 radical (unpaired) electrons. The summed E-state index contributed by atoms with van der Waals surface area (Å²) in [4.78, 5) is 27.4. The molecule has 0 aliphatic carbocycles. The lowest BCUT2D eigenvalue weighted by atomic mass is 10.1. The van der Waals surface area contributed by atoms with Gasteiger partial charge < -0.3 is 10.2 Å². The first-order chi connectivity index (χ1) is 10.2. The van der Waals surface area contributed by atoms with Gasteiger partial charge in [0.2, 0.25) is 11.8 Å². The second-order valence-corrected chi connectivity index (χ2v) is 6.59. The first kappa shape index (κ1) is 14.4. The summed E-state index contributed by atoms with van der Waals surface area (Å²) < 4.78 is 0. The van der Waals surface area contributed by atoms with E-state index in [-0.39, 0.29) is 23.9 Å². The van der Waals surface area contributed by atoms with Gasteiger partial charge in [-0.1, -0.05) is 25.1 Å². The summed E-state index contributed by atoms with van der Waals surface area (Å²) in [5, 5.41) is 3.13. The lowest BCUT2D eigenvalue weighted by Crippen LogP contribution is -2.48. The van der Waals surface area contributed by atoms with Crippen LogP contribution in [-0.2, 0) is 9.59 Å². The largest absolute Gasteiger partial charge is 0.347 e. The highest BCUT2D eigenvalue weighted by Crippen LogP contribution is 2.37. The van der Waals surface area contributed by atoms with Crippen molar-refractivity contribution in [2.45, 2.75) is 43.2 Å². The van der Waals surface area contributed by atoms with Crippen LogP contribution < -0.4 is 5.32 Å². The highest BCUT2D eigenvalue weighted by Gasteiger charge is 2.33. The number of thioether (sulfide) groups is 1. The van der Waals surface area contributed by atoms with E-state index in [4.69, 9.17) is 0 Å². The Balaban J connectivity index is 1.70. The number of hydrogen-bond acceptors (Lipinski definition) is 3. The second-order valence-electron chi connectivity index (χ2n) is 5.52. The van der Waals surface area contributed by atoms with E-state index in [1.807, 2.05) is 19.1 Å². The Kier molecular flexibility index (Phi) is 4.19. The number of nitrogens with zero attached hydrogens (tertiary/aromatic N) is 1. The van der Waals surface area contributed by atoms with Crippen LogP contribution in [0.4, 0.5) is 0 Å². The molecule has 0 unspecified atom stereocenters. The number of hydrogen-bond donors (Lipinski definition) is 1. The molecule has 112 valence electrons. The summed E-state index contributed by atoms with van der Waals surface area (Å²) in [6.07, 6.45) is 2.11. The van der Waals surface area contributed by atoms with Crippen LogP contribution in [0, 0.1) is 0 Å². The van der Waals surface area contributed by atoms with E-state index in [2.05, 4.69) is 17.4 Å². The number of carbonyl (C=O) groups is 2. The van der Waals surface area contributed by atoms with Crippen LogP contribution >= 0.6 is 11.8 Å². The van der Waals surface area contributed by atoms with Crippen molar-refractivity contribution in [3.8, 4) is 0 Å². The molecule has 4 nitrogen and oxygen atoms in total. The molecule has 3 rings (SSSR count). The number of nitrogens with one attached hydrogen (secondary N) is 1. The standard InChI is InChI=1S/C16H20N2O2S/c1-2-13(18-9-5-8-15(18)19)16(20)17-12-10-21-14-7-4-3-6-11(12)14/h3-4,6-7,12-13H,2,5,8-10H2,1H3,(H,17,20)/t12-,13+/m1/s1. The number of rotatable bonds is 4. The minimum atomic E-state index is -0.322. The molecular formula is C16H20N2O2S. The van der Waals surface area contributed by atoms with Crippen molar-refractivity contribution < 1.29 is 9.59 Å². The molecule has 1 aromatic carbocycles. The summed E-state index contributed by atoms with van der Waals surface area (Å²) in [5.74, 6) is 0.961. The normalized spacial score (nSPS) is 22.2. The molecule has 0 saturated carbocycles. The quantitative estimate of drug-likeness (QED) is 0.929. The molecule has 2 heterocycles. The minimum absolute atomic E-state index is 0.0185. The molecule has 0 spiro atoms. The van der Waals surface area contributed by atoms with Crippen molar-refractivity contribution in [3.05, 3.63) is 29.8 Å². The fraction of sp³-hybridized carbons (Fsp3) is 0.500. The Bertz CT molecular complexity index is 561. The molecule has 1 N–H and O–H groups in total. The van der Waals surface area contributed by atoms with Crippen LogP contribution in [0.5, 0.6) is 0 Å². The average molecular weight is 304 g/mol. The van der Waals surface area contributed by atoms with E-state index < -0.39 is 0 Å². The van der Waals surface area contributed by atoms with Gasteiger partial charge >= 0.3 is 0 Å². The molecule has 2 amide bonds. The third-order valence-electron chi connectivity index (χ3n) is 4.19. The van der Waals surface area contributed by atoms with Gasteiger partial charge in [-0.3, -0.25) is 9.59 Å². The number of amides is 2. The number of fused-ring (bicyclic) bond motifs is 1. The van der Waals surface area contributed by atoms with Gasteiger partial charge in [-0.05, 0) is 24.5 Å². The average Bonchev–Trinajstić information content (AvgIpc) is 3.08. The molecular weight excluding hydrogens is 284 g/mol. The van der Waals surface area contributed by atoms with Crippen molar-refractivity contribution in [1.82, 2.24) is 10.2 Å². The maximum atomic E-state index is 12.6. The Morgan fingerprint density at radius 3 is 3.00 bits per heavy atom. The van der Waals surface area contributed by atoms with Crippen LogP contribution in [0.25, 0.3) is 0 Å². The maximum Gasteiger partial charge on any atom is 0.243 e. The molecule has 1 aromatic rings. The molecule has 2 aliphatic heterocycles. The first-order valence-corrected chi connectivity index (χ1v) is 8.51. The van der Waals surface area contributed by atoms with Crippen molar-refractivity contribution in [2.24, 2.45) is 0 Å². The second kappa shape index (κ2) is 6.10. The van der Waals surface area contributed by atoms with E-state index >= 15 is 0 Å². The highest BCUT2D eigenvalue weighted by atomic mass is 32.2. The molecule has 0 aromatic heterocycles. The molecule has 5 heteroatoms. The lowest BCUT2D eigenvalue weighted by molar-refractivity contribution is -0.137. The highest BCUT2D eigenvalue weighted by molar-refractivity contribution is 7.99. The van der Waals surface area contributed by atoms with E-state index in [9.17, 15) is 9.59 Å². The zero-order valence-electron chi connectivity index (χ0n) is 12.2. The zero-order valence-corrected chi connectivity index (χ0v) is 13.0. The SMILES string of the molecule is CC[C@@H](C(=O)N[C@@H]1CSc2ccccc21)N1CCCC1=O. The van der Waals surface area contributed by atoms with Crippen molar-refractivity contribution >= 4 is 23.6 Å². The summed E-state index contributed by atoms with van der Waals surface area (Å²) in [7, 11) is 0. The Labute approximate surface area is 129 Å². The zero-order chi connectivity index (χ0) is 14.8. The van der Waals surface area contributed by atoms with Crippen LogP contribution in [-0.4, -0.2) is 35.1 Å². The van der Waals surface area contributed by atoms with Gasteiger partial charge in [0.1, 0.15) is 6.04 Å². The van der Waals surface area contributed by atoms with Crippen LogP contribution in [0.1, 0.15) is 37.8 Å². The third-order valence-corrected chi connectivity index (χ3v) is 5.37. The predicted molar refractivity (Wildman–Crippen MR) is 83.1 cm³/mol. The van der Waals surface area contributed by atoms with Gasteiger partial charge in [0.25, 0.3) is 0 Å². The molecule has 2 aliphatic rings. The van der Waals surface area contributed by atoms with Crippen LogP contribution in [0.3, 0.4) is 0 Å². The first-order valence-electron chi connectivity index (χ1n) is 7.52. The fourth-order valence-corrected chi connectivity index (χ4v) is 4.26. The number of carbonyl (C=O) groups excluding carboxylic acids is 2. The molecule has 21 heavy (non-hydrogen) atoms. The topological polar surface area (TPSA) is 49.4 Å². The van der Waals surface area contributed by atoms with Crippen LogP contribution in [0.15, 0.2) is 29.2 Å². The summed E-state index contributed by atoms with van der Waals surface area (Å²) in [6, 6.07) is 7.93. The molecule has 1 saturated heterocycles. The summed E-state index contributed by atoms with van der Waals surface area (Å²) in [5.41, 5.74) is 1.19. The van der Waals surface area contributed by atoms with Gasteiger partial charge in [-0.15, -0.1) is 11.8 Å². The summed E-state index contributed by atoms with van der Waals surface area (Å²) >= 11 is 1.77. The number of benzene rings is 1. The lowest BCUT2D eigenvalue weighted by Gasteiger charge is -2.27. The fourth-order valence-electron chi connectivity index (χ4n) is 3.10. The van der Waals surface area contributed by atoms with Gasteiger partial charge in [0.15, 0.2) is 0 Å². The van der Waals surface area contributed by atoms with E-state index in [1.54, 1.807) is 16.7 Å². The van der Waals surface area contributed by atoms with Gasteiger partial charge in [-0.25, -0.2) is 0 Å². The maximum absolute atomic E-state index is 12.6.